The van der Waals surface area contributed by atoms with Gasteiger partial charge in [-0.05, 0) is 37.0 Å². The van der Waals surface area contributed by atoms with Crippen LogP contribution >= 0.6 is 0 Å². The summed E-state index contributed by atoms with van der Waals surface area (Å²) in [5.41, 5.74) is 0. The van der Waals surface area contributed by atoms with Crippen LogP contribution in [0.5, 0.6) is 0 Å². The van der Waals surface area contributed by atoms with Gasteiger partial charge >= 0.3 is 0 Å². The summed E-state index contributed by atoms with van der Waals surface area (Å²) in [4.78, 5) is 14.6. The van der Waals surface area contributed by atoms with Gasteiger partial charge in [0.1, 0.15) is 5.78 Å². The van der Waals surface area contributed by atoms with Gasteiger partial charge < -0.3 is 0 Å². The van der Waals surface area contributed by atoms with E-state index in [0.717, 1.165) is 36.8 Å². The average Bonchev–Trinajstić information content (AvgIpc) is 2.40. The second kappa shape index (κ2) is 2.65. The second-order valence-corrected chi connectivity index (χ2v) is 6.34. The fourth-order valence-electron chi connectivity index (χ4n) is 5.06. The summed E-state index contributed by atoms with van der Waals surface area (Å²) in [7, 11) is 0. The monoisotopic (exact) mass is 205 g/mol. The lowest BCUT2D eigenvalue weighted by Gasteiger charge is -2.43. The van der Waals surface area contributed by atoms with Crippen LogP contribution in [0.1, 0.15) is 32.6 Å². The zero-order valence-corrected chi connectivity index (χ0v) is 9.36. The first-order chi connectivity index (χ1) is 7.24. The molecule has 0 radical (unpaired) electrons. The van der Waals surface area contributed by atoms with Crippen LogP contribution < -0.4 is 0 Å². The van der Waals surface area contributed by atoms with E-state index in [9.17, 15) is 4.79 Å². The van der Waals surface area contributed by atoms with Crippen molar-refractivity contribution in [2.75, 3.05) is 6.54 Å². The predicted octanol–water partition coefficient (Wildman–Crippen LogP) is 1.69. The Morgan fingerprint density at radius 1 is 1.13 bits per heavy atom. The summed E-state index contributed by atoms with van der Waals surface area (Å²) in [5, 5.41) is 0. The van der Waals surface area contributed by atoms with E-state index in [1.807, 2.05) is 0 Å². The summed E-state index contributed by atoms with van der Waals surface area (Å²) in [6, 6.07) is 1.50. The molecule has 1 saturated carbocycles. The normalized spacial score (nSPS) is 61.1. The second-order valence-electron chi connectivity index (χ2n) is 6.34. The molecule has 4 aliphatic rings. The number of fused-ring (bicyclic) bond motifs is 2. The number of carbonyl (C=O) groups excluding carboxylic acids is 1. The fourth-order valence-corrected chi connectivity index (χ4v) is 5.06. The van der Waals surface area contributed by atoms with Gasteiger partial charge in [-0.15, -0.1) is 0 Å². The predicted molar refractivity (Wildman–Crippen MR) is 57.4 cm³/mol. The molecule has 0 aromatic carbocycles. The molecule has 2 nitrogen and oxygen atoms in total. The molecule has 0 amide bonds. The maximum absolute atomic E-state index is 11.9. The third-order valence-corrected chi connectivity index (χ3v) is 5.56. The van der Waals surface area contributed by atoms with Crippen LogP contribution in [0.25, 0.3) is 0 Å². The number of hydrogen-bond acceptors (Lipinski definition) is 2. The number of piperidine rings is 2. The van der Waals surface area contributed by atoms with Crippen LogP contribution in [0.4, 0.5) is 0 Å². The van der Waals surface area contributed by atoms with Crippen molar-refractivity contribution in [2.45, 2.75) is 44.7 Å². The summed E-state index contributed by atoms with van der Waals surface area (Å²) in [5.74, 6) is 3.65. The van der Waals surface area contributed by atoms with Gasteiger partial charge in [0, 0.05) is 31.0 Å². The Morgan fingerprint density at radius 3 is 2.80 bits per heavy atom. The van der Waals surface area contributed by atoms with E-state index in [1.54, 1.807) is 0 Å². The Bertz CT molecular complexity index is 324. The molecule has 3 aliphatic heterocycles. The Labute approximate surface area is 91.0 Å². The molecule has 0 N–H and O–H groups in total. The molecule has 0 spiro atoms. The summed E-state index contributed by atoms with van der Waals surface area (Å²) in [6.45, 7) is 3.50. The van der Waals surface area contributed by atoms with Gasteiger partial charge in [0.2, 0.25) is 0 Å². The van der Waals surface area contributed by atoms with Gasteiger partial charge in [0.25, 0.3) is 0 Å². The van der Waals surface area contributed by atoms with Crippen molar-refractivity contribution in [3.63, 3.8) is 0 Å². The molecule has 7 atom stereocenters. The van der Waals surface area contributed by atoms with E-state index in [0.29, 0.717) is 17.7 Å². The molecule has 0 aromatic heterocycles. The number of hydrogen-bond donors (Lipinski definition) is 0. The van der Waals surface area contributed by atoms with Crippen LogP contribution in [0.15, 0.2) is 0 Å². The van der Waals surface area contributed by atoms with E-state index in [2.05, 4.69) is 11.8 Å². The first kappa shape index (κ1) is 8.74. The van der Waals surface area contributed by atoms with Crippen molar-refractivity contribution in [1.82, 2.24) is 4.90 Å². The van der Waals surface area contributed by atoms with Crippen LogP contribution in [-0.4, -0.2) is 29.3 Å². The minimum Gasteiger partial charge on any atom is -0.299 e. The summed E-state index contributed by atoms with van der Waals surface area (Å²) >= 11 is 0. The van der Waals surface area contributed by atoms with Crippen molar-refractivity contribution < 1.29 is 4.79 Å². The first-order valence-corrected chi connectivity index (χ1v) is 6.52. The molecule has 0 aromatic rings. The third kappa shape index (κ3) is 0.968. The van der Waals surface area contributed by atoms with Crippen molar-refractivity contribution in [1.29, 1.82) is 0 Å². The largest absolute Gasteiger partial charge is 0.299 e. The standard InChI is InChI=1S/C13H19NO/c1-7-2-9-10-4-8-6-14(11(10)3-7)12(9)5-13(8)15/h7-12H,2-6H2,1H3. The summed E-state index contributed by atoms with van der Waals surface area (Å²) < 4.78 is 0. The van der Waals surface area contributed by atoms with Crippen LogP contribution in [0, 0.1) is 23.7 Å². The Hall–Kier alpha value is -0.370. The van der Waals surface area contributed by atoms with E-state index in [-0.39, 0.29) is 0 Å². The summed E-state index contributed by atoms with van der Waals surface area (Å²) in [6.07, 6.45) is 4.91. The smallest absolute Gasteiger partial charge is 0.138 e. The molecule has 2 heteroatoms. The SMILES string of the molecule is CC1CC2C3CC4CN(C2CC4=O)C3C1. The molecule has 3 saturated heterocycles. The maximum Gasteiger partial charge on any atom is 0.138 e. The Kier molecular flexibility index (Phi) is 1.55. The van der Waals surface area contributed by atoms with Gasteiger partial charge in [-0.2, -0.15) is 0 Å². The lowest BCUT2D eigenvalue weighted by Crippen LogP contribution is -2.51. The van der Waals surface area contributed by atoms with Gasteiger partial charge in [-0.1, -0.05) is 6.92 Å². The highest BCUT2D eigenvalue weighted by atomic mass is 16.1. The highest BCUT2D eigenvalue weighted by Crippen LogP contribution is 2.55. The van der Waals surface area contributed by atoms with Crippen molar-refractivity contribution in [3.8, 4) is 0 Å². The number of nitrogens with zero attached hydrogens (tertiary/aromatic N) is 1. The zero-order valence-electron chi connectivity index (χ0n) is 9.36. The fraction of sp³-hybridized carbons (Fsp3) is 0.923. The van der Waals surface area contributed by atoms with E-state index in [4.69, 9.17) is 0 Å². The minimum absolute atomic E-state index is 0.418. The zero-order chi connectivity index (χ0) is 10.2. The minimum atomic E-state index is 0.418. The molecular weight excluding hydrogens is 186 g/mol. The average molecular weight is 205 g/mol. The Morgan fingerprint density at radius 2 is 1.93 bits per heavy atom. The van der Waals surface area contributed by atoms with Crippen molar-refractivity contribution in [2.24, 2.45) is 23.7 Å². The van der Waals surface area contributed by atoms with Gasteiger partial charge in [0.05, 0.1) is 0 Å². The lowest BCUT2D eigenvalue weighted by atomic mass is 9.70. The maximum atomic E-state index is 11.9. The number of carbonyl (C=O) groups is 1. The molecule has 82 valence electrons. The molecule has 1 aliphatic carbocycles. The van der Waals surface area contributed by atoms with E-state index in [1.165, 1.54) is 19.3 Å². The number of ketones is 1. The van der Waals surface area contributed by atoms with Crippen LogP contribution in [-0.2, 0) is 4.79 Å². The highest BCUT2D eigenvalue weighted by Gasteiger charge is 2.59. The number of rotatable bonds is 0. The molecule has 15 heavy (non-hydrogen) atoms. The van der Waals surface area contributed by atoms with Gasteiger partial charge in [-0.25, -0.2) is 0 Å². The number of Topliss-reactive ketones (excluding diaryl/α,β-unsaturated/α-hetero) is 1. The van der Waals surface area contributed by atoms with Crippen molar-refractivity contribution in [3.05, 3.63) is 0 Å². The van der Waals surface area contributed by atoms with E-state index < -0.39 is 0 Å². The van der Waals surface area contributed by atoms with E-state index >= 15 is 0 Å². The van der Waals surface area contributed by atoms with Crippen LogP contribution in [0.2, 0.25) is 0 Å². The lowest BCUT2D eigenvalue weighted by molar-refractivity contribution is -0.130. The van der Waals surface area contributed by atoms with Crippen LogP contribution in [0.3, 0.4) is 0 Å². The molecule has 5 bridgehead atoms. The molecule has 3 heterocycles. The van der Waals surface area contributed by atoms with Gasteiger partial charge in [0.15, 0.2) is 0 Å². The van der Waals surface area contributed by atoms with Crippen molar-refractivity contribution >= 4 is 5.78 Å². The Balaban J connectivity index is 1.77. The quantitative estimate of drug-likeness (QED) is 0.600. The molecular formula is C13H19NO. The third-order valence-electron chi connectivity index (χ3n) is 5.56. The molecule has 4 rings (SSSR count). The molecule has 7 unspecified atom stereocenters. The highest BCUT2D eigenvalue weighted by molar-refractivity contribution is 5.83. The first-order valence-electron chi connectivity index (χ1n) is 6.52. The van der Waals surface area contributed by atoms with Gasteiger partial charge in [-0.3, -0.25) is 9.69 Å². The molecule has 4 fully saturated rings. The topological polar surface area (TPSA) is 20.3 Å².